The van der Waals surface area contributed by atoms with Crippen LogP contribution in [0.1, 0.15) is 57.8 Å². The molecule has 0 bridgehead atoms. The summed E-state index contributed by atoms with van der Waals surface area (Å²) in [6.07, 6.45) is 8.24. The molecule has 1 heterocycles. The third-order valence-electron chi connectivity index (χ3n) is 5.45. The summed E-state index contributed by atoms with van der Waals surface area (Å²) in [7, 11) is 0. The maximum atomic E-state index is 13.0. The number of amides is 2. The summed E-state index contributed by atoms with van der Waals surface area (Å²) in [6.45, 7) is 0.484. The van der Waals surface area contributed by atoms with E-state index in [0.717, 1.165) is 44.9 Å². The minimum absolute atomic E-state index is 0.0278. The number of nitrogens with one attached hydrogen (secondary N) is 1. The molecule has 6 heteroatoms. The predicted molar refractivity (Wildman–Crippen MR) is 83.6 cm³/mol. The number of carbonyl (C=O) groups is 3. The second-order valence-corrected chi connectivity index (χ2v) is 7.19. The summed E-state index contributed by atoms with van der Waals surface area (Å²) in [4.78, 5) is 38.0. The van der Waals surface area contributed by atoms with Gasteiger partial charge in [0.15, 0.2) is 0 Å². The van der Waals surface area contributed by atoms with Gasteiger partial charge >= 0.3 is 5.97 Å². The first kappa shape index (κ1) is 16.3. The number of hydrogen-bond donors (Lipinski definition) is 2. The van der Waals surface area contributed by atoms with Crippen LogP contribution in [0, 0.1) is 11.8 Å². The number of hydrogen-bond acceptors (Lipinski definition) is 3. The van der Waals surface area contributed by atoms with Gasteiger partial charge in [0.2, 0.25) is 11.8 Å². The first-order valence-corrected chi connectivity index (χ1v) is 8.91. The van der Waals surface area contributed by atoms with E-state index >= 15 is 0 Å². The molecule has 0 aromatic carbocycles. The van der Waals surface area contributed by atoms with E-state index in [9.17, 15) is 19.5 Å². The van der Waals surface area contributed by atoms with Crippen molar-refractivity contribution < 1.29 is 19.5 Å². The van der Waals surface area contributed by atoms with Crippen molar-refractivity contribution in [3.8, 4) is 0 Å². The Morgan fingerprint density at radius 1 is 0.957 bits per heavy atom. The fourth-order valence-electron chi connectivity index (χ4n) is 3.93. The molecular formula is C17H26N2O4. The molecule has 1 saturated heterocycles. The molecule has 3 rings (SSSR count). The van der Waals surface area contributed by atoms with Crippen molar-refractivity contribution in [3.05, 3.63) is 0 Å². The molecule has 2 aliphatic carbocycles. The Labute approximate surface area is 136 Å². The topological polar surface area (TPSA) is 86.7 Å². The second-order valence-electron chi connectivity index (χ2n) is 7.19. The van der Waals surface area contributed by atoms with Crippen molar-refractivity contribution in [2.45, 2.75) is 69.9 Å². The second kappa shape index (κ2) is 6.89. The summed E-state index contributed by atoms with van der Waals surface area (Å²) in [5.41, 5.74) is 0. The molecular weight excluding hydrogens is 296 g/mol. The molecule has 0 radical (unpaired) electrons. The van der Waals surface area contributed by atoms with Crippen molar-refractivity contribution >= 4 is 17.8 Å². The minimum Gasteiger partial charge on any atom is -0.480 e. The fraction of sp³-hybridized carbons (Fsp3) is 0.824. The number of carbonyl (C=O) groups excluding carboxylic acids is 2. The summed E-state index contributed by atoms with van der Waals surface area (Å²) in [5.74, 6) is -0.945. The zero-order valence-electron chi connectivity index (χ0n) is 13.5. The fourth-order valence-corrected chi connectivity index (χ4v) is 3.93. The number of rotatable bonds is 5. The van der Waals surface area contributed by atoms with E-state index in [0.29, 0.717) is 13.0 Å². The highest BCUT2D eigenvalue weighted by molar-refractivity contribution is 5.92. The molecule has 2 N–H and O–H groups in total. The van der Waals surface area contributed by atoms with Crippen molar-refractivity contribution in [1.29, 1.82) is 0 Å². The molecule has 0 aromatic rings. The lowest BCUT2D eigenvalue weighted by Gasteiger charge is -2.34. The highest BCUT2D eigenvalue weighted by atomic mass is 16.4. The number of carboxylic acid groups (broad SMARTS) is 1. The molecule has 2 atom stereocenters. The average molecular weight is 322 g/mol. The highest BCUT2D eigenvalue weighted by Crippen LogP contribution is 2.32. The zero-order chi connectivity index (χ0) is 16.4. The summed E-state index contributed by atoms with van der Waals surface area (Å²) >= 11 is 0. The van der Waals surface area contributed by atoms with E-state index in [1.165, 1.54) is 11.3 Å². The predicted octanol–water partition coefficient (Wildman–Crippen LogP) is 1.54. The maximum absolute atomic E-state index is 13.0. The smallest absolute Gasteiger partial charge is 0.326 e. The van der Waals surface area contributed by atoms with Crippen LogP contribution in [0.2, 0.25) is 0 Å². The van der Waals surface area contributed by atoms with Crippen LogP contribution >= 0.6 is 0 Å². The third kappa shape index (κ3) is 3.67. The van der Waals surface area contributed by atoms with E-state index < -0.39 is 18.1 Å². The van der Waals surface area contributed by atoms with Gasteiger partial charge in [0, 0.05) is 12.5 Å². The van der Waals surface area contributed by atoms with Gasteiger partial charge in [-0.1, -0.05) is 19.3 Å². The van der Waals surface area contributed by atoms with Gasteiger partial charge in [-0.25, -0.2) is 4.79 Å². The maximum Gasteiger partial charge on any atom is 0.326 e. The van der Waals surface area contributed by atoms with Crippen LogP contribution in [-0.2, 0) is 14.4 Å². The van der Waals surface area contributed by atoms with Gasteiger partial charge in [-0.05, 0) is 44.4 Å². The largest absolute Gasteiger partial charge is 0.480 e. The Balaban J connectivity index is 1.73. The normalized spacial score (nSPS) is 26.8. The van der Waals surface area contributed by atoms with Crippen LogP contribution in [0.3, 0.4) is 0 Å². The van der Waals surface area contributed by atoms with E-state index in [-0.39, 0.29) is 23.7 Å². The van der Waals surface area contributed by atoms with Gasteiger partial charge in [-0.2, -0.15) is 0 Å². The van der Waals surface area contributed by atoms with Gasteiger partial charge in [0.1, 0.15) is 12.1 Å². The number of likely N-dealkylation sites (tertiary alicyclic amines) is 1. The van der Waals surface area contributed by atoms with Crippen LogP contribution in [0.15, 0.2) is 0 Å². The van der Waals surface area contributed by atoms with Gasteiger partial charge in [-0.3, -0.25) is 9.59 Å². The molecule has 23 heavy (non-hydrogen) atoms. The van der Waals surface area contributed by atoms with Crippen molar-refractivity contribution in [2.24, 2.45) is 11.8 Å². The molecule has 3 aliphatic rings. The first-order chi connectivity index (χ1) is 11.1. The minimum atomic E-state index is -0.938. The van der Waals surface area contributed by atoms with E-state index in [1.807, 2.05) is 0 Å². The third-order valence-corrected chi connectivity index (χ3v) is 5.45. The Kier molecular flexibility index (Phi) is 4.87. The summed E-state index contributed by atoms with van der Waals surface area (Å²) in [6, 6.07) is -1.27. The van der Waals surface area contributed by atoms with Crippen LogP contribution in [0.4, 0.5) is 0 Å². The highest BCUT2D eigenvalue weighted by Gasteiger charge is 2.42. The van der Waals surface area contributed by atoms with Crippen LogP contribution in [0.25, 0.3) is 0 Å². The lowest BCUT2D eigenvalue weighted by molar-refractivity contribution is -0.150. The Morgan fingerprint density at radius 2 is 1.65 bits per heavy atom. The SMILES string of the molecule is O=C(NC(C(=O)N1CCCC1C(=O)O)C1CCCCC1)C1CC1. The summed E-state index contributed by atoms with van der Waals surface area (Å²) < 4.78 is 0. The molecule has 1 aliphatic heterocycles. The van der Waals surface area contributed by atoms with Crippen LogP contribution in [-0.4, -0.2) is 46.4 Å². The molecule has 0 aromatic heterocycles. The summed E-state index contributed by atoms with van der Waals surface area (Å²) in [5, 5.41) is 12.3. The van der Waals surface area contributed by atoms with Gasteiger partial charge < -0.3 is 15.3 Å². The molecule has 2 amide bonds. The van der Waals surface area contributed by atoms with Gasteiger partial charge in [0.05, 0.1) is 0 Å². The Morgan fingerprint density at radius 3 is 2.26 bits per heavy atom. The molecule has 128 valence electrons. The van der Waals surface area contributed by atoms with Crippen molar-refractivity contribution in [2.75, 3.05) is 6.54 Å². The van der Waals surface area contributed by atoms with E-state index in [1.54, 1.807) is 0 Å². The monoisotopic (exact) mass is 322 g/mol. The molecule has 6 nitrogen and oxygen atoms in total. The number of carboxylic acids is 1. The Hall–Kier alpha value is -1.59. The number of nitrogens with zero attached hydrogens (tertiary/aromatic N) is 1. The van der Waals surface area contributed by atoms with Crippen LogP contribution in [0.5, 0.6) is 0 Å². The van der Waals surface area contributed by atoms with Crippen molar-refractivity contribution in [1.82, 2.24) is 10.2 Å². The molecule has 2 unspecified atom stereocenters. The Bertz CT molecular complexity index is 483. The lowest BCUT2D eigenvalue weighted by Crippen LogP contribution is -2.55. The number of aliphatic carboxylic acids is 1. The molecule has 0 spiro atoms. The zero-order valence-corrected chi connectivity index (χ0v) is 13.5. The van der Waals surface area contributed by atoms with Crippen LogP contribution < -0.4 is 5.32 Å². The lowest BCUT2D eigenvalue weighted by atomic mass is 9.83. The quantitative estimate of drug-likeness (QED) is 0.804. The molecule has 3 fully saturated rings. The van der Waals surface area contributed by atoms with E-state index in [2.05, 4.69) is 5.32 Å². The van der Waals surface area contributed by atoms with Gasteiger partial charge in [-0.15, -0.1) is 0 Å². The first-order valence-electron chi connectivity index (χ1n) is 8.91. The average Bonchev–Trinajstić information content (AvgIpc) is 3.29. The van der Waals surface area contributed by atoms with Gasteiger partial charge in [0.25, 0.3) is 0 Å². The standard InChI is InChI=1S/C17H26N2O4/c20-15(12-8-9-12)18-14(11-5-2-1-3-6-11)16(21)19-10-4-7-13(19)17(22)23/h11-14H,1-10H2,(H,18,20)(H,22,23). The molecule has 2 saturated carbocycles. The van der Waals surface area contributed by atoms with E-state index in [4.69, 9.17) is 0 Å². The van der Waals surface area contributed by atoms with Crippen molar-refractivity contribution in [3.63, 3.8) is 0 Å².